The van der Waals surface area contributed by atoms with E-state index in [1.165, 1.54) is 6.92 Å². The largest absolute Gasteiger partial charge is 0.465 e. The summed E-state index contributed by atoms with van der Waals surface area (Å²) in [5.41, 5.74) is 0. The first-order valence-corrected chi connectivity index (χ1v) is 8.20. The van der Waals surface area contributed by atoms with E-state index in [9.17, 15) is 14.5 Å². The van der Waals surface area contributed by atoms with Gasteiger partial charge in [0, 0.05) is 0 Å². The van der Waals surface area contributed by atoms with Crippen LogP contribution in [0.15, 0.2) is 30.3 Å². The molecular weight excluding hydrogens is 281 g/mol. The Labute approximate surface area is 118 Å². The van der Waals surface area contributed by atoms with Gasteiger partial charge in [0.15, 0.2) is 0 Å². The third-order valence-electron chi connectivity index (χ3n) is 2.37. The fourth-order valence-corrected chi connectivity index (χ4v) is 2.77. The molecule has 0 saturated heterocycles. The summed E-state index contributed by atoms with van der Waals surface area (Å²) in [5, 5.41) is 11.8. The third-order valence-corrected chi connectivity index (χ3v) is 4.03. The van der Waals surface area contributed by atoms with Gasteiger partial charge in [0.05, 0.1) is 6.61 Å². The Morgan fingerprint density at radius 1 is 1.40 bits per heavy atom. The number of esters is 1. The summed E-state index contributed by atoms with van der Waals surface area (Å²) in [6.07, 6.45) is -0.00999. The molecule has 1 rings (SSSR count). The normalized spacial score (nSPS) is 15.2. The number of nitrogens with one attached hydrogen (secondary N) is 1. The second-order valence-corrected chi connectivity index (χ2v) is 6.31. The first-order valence-electron chi connectivity index (χ1n) is 6.39. The average Bonchev–Trinajstić information content (AvgIpc) is 2.45. The molecule has 0 amide bonds. The Hall–Kier alpha value is -1.36. The topological polar surface area (TPSA) is 84.9 Å². The Kier molecular flexibility index (Phi) is 6.71. The molecule has 1 aromatic carbocycles. The number of carbonyl (C=O) groups is 1. The predicted octanol–water partition coefficient (Wildman–Crippen LogP) is 2.14. The van der Waals surface area contributed by atoms with E-state index in [2.05, 4.69) is 5.09 Å². The minimum absolute atomic E-state index is 0.299. The highest BCUT2D eigenvalue weighted by Gasteiger charge is 2.29. The fourth-order valence-electron chi connectivity index (χ4n) is 1.42. The highest BCUT2D eigenvalue weighted by Crippen LogP contribution is 2.42. The zero-order valence-electron chi connectivity index (χ0n) is 11.6. The quantitative estimate of drug-likeness (QED) is 0.565. The molecule has 6 nitrogen and oxygen atoms in total. The molecule has 1 aromatic rings. The first kappa shape index (κ1) is 16.7. The van der Waals surface area contributed by atoms with Gasteiger partial charge in [-0.25, -0.2) is 5.09 Å². The zero-order valence-corrected chi connectivity index (χ0v) is 12.5. The molecule has 7 heteroatoms. The lowest BCUT2D eigenvalue weighted by Gasteiger charge is -2.21. The van der Waals surface area contributed by atoms with Crippen molar-refractivity contribution in [1.29, 1.82) is 0 Å². The van der Waals surface area contributed by atoms with Crippen molar-refractivity contribution in [3.8, 4) is 5.75 Å². The molecule has 2 N–H and O–H groups in total. The number of ether oxygens (including phenoxy) is 1. The molecule has 0 bridgehead atoms. The van der Waals surface area contributed by atoms with E-state index in [0.717, 1.165) is 0 Å². The molecule has 0 radical (unpaired) electrons. The van der Waals surface area contributed by atoms with Gasteiger partial charge in [0.2, 0.25) is 0 Å². The number of hydrogen-bond donors (Lipinski definition) is 2. The van der Waals surface area contributed by atoms with E-state index in [0.29, 0.717) is 18.8 Å². The minimum Gasteiger partial charge on any atom is -0.465 e. The third kappa shape index (κ3) is 5.33. The number of rotatable bonds is 8. The van der Waals surface area contributed by atoms with Gasteiger partial charge in [0.25, 0.3) is 0 Å². The second kappa shape index (κ2) is 8.04. The van der Waals surface area contributed by atoms with Crippen LogP contribution in [0.3, 0.4) is 0 Å². The lowest BCUT2D eigenvalue weighted by Crippen LogP contribution is -2.35. The maximum atomic E-state index is 12.3. The van der Waals surface area contributed by atoms with Gasteiger partial charge < -0.3 is 14.4 Å². The molecule has 0 fully saturated rings. The van der Waals surface area contributed by atoms with Crippen LogP contribution in [0.4, 0.5) is 0 Å². The van der Waals surface area contributed by atoms with Crippen molar-refractivity contribution in [3.63, 3.8) is 0 Å². The Balaban J connectivity index is 2.65. The highest BCUT2D eigenvalue weighted by atomic mass is 31.2. The van der Waals surface area contributed by atoms with E-state index >= 15 is 0 Å². The highest BCUT2D eigenvalue weighted by molar-refractivity contribution is 7.57. The fraction of sp³-hybridized carbons (Fsp3) is 0.462. The molecule has 112 valence electrons. The molecule has 0 heterocycles. The molecular formula is C13H20NO5P. The predicted molar refractivity (Wildman–Crippen MR) is 75.6 cm³/mol. The molecule has 2 atom stereocenters. The molecule has 2 unspecified atom stereocenters. The van der Waals surface area contributed by atoms with Crippen molar-refractivity contribution in [1.82, 2.24) is 5.09 Å². The summed E-state index contributed by atoms with van der Waals surface area (Å²) >= 11 is 0. The standard InChI is InChI=1S/C13H20NO5P/c1-3-9-18-13(16)11(2)14-20(17,10-15)19-12-7-5-4-6-8-12/h4-8,11,15H,3,9-10H2,1-2H3,(H,14,17). The summed E-state index contributed by atoms with van der Waals surface area (Å²) in [6, 6.07) is 7.62. The van der Waals surface area contributed by atoms with E-state index in [4.69, 9.17) is 9.26 Å². The lowest BCUT2D eigenvalue weighted by molar-refractivity contribution is -0.145. The van der Waals surface area contributed by atoms with Crippen LogP contribution < -0.4 is 9.61 Å². The average molecular weight is 301 g/mol. The van der Waals surface area contributed by atoms with E-state index in [1.54, 1.807) is 30.3 Å². The maximum Gasteiger partial charge on any atom is 0.342 e. The number of benzene rings is 1. The van der Waals surface area contributed by atoms with E-state index in [1.807, 2.05) is 6.92 Å². The summed E-state index contributed by atoms with van der Waals surface area (Å²) in [6.45, 7) is 3.69. The van der Waals surface area contributed by atoms with Gasteiger partial charge in [-0.1, -0.05) is 25.1 Å². The van der Waals surface area contributed by atoms with E-state index in [-0.39, 0.29) is 0 Å². The van der Waals surface area contributed by atoms with Crippen molar-refractivity contribution in [2.24, 2.45) is 0 Å². The van der Waals surface area contributed by atoms with Crippen molar-refractivity contribution in [2.75, 3.05) is 13.0 Å². The zero-order chi connectivity index (χ0) is 15.0. The van der Waals surface area contributed by atoms with Crippen LogP contribution in [-0.2, 0) is 14.1 Å². The van der Waals surface area contributed by atoms with Gasteiger partial charge in [-0.15, -0.1) is 0 Å². The van der Waals surface area contributed by atoms with Crippen molar-refractivity contribution in [2.45, 2.75) is 26.3 Å². The van der Waals surface area contributed by atoms with Crippen molar-refractivity contribution in [3.05, 3.63) is 30.3 Å². The number of carbonyl (C=O) groups excluding carboxylic acids is 1. The molecule has 0 saturated carbocycles. The van der Waals surface area contributed by atoms with Crippen LogP contribution in [0.25, 0.3) is 0 Å². The second-order valence-electron chi connectivity index (χ2n) is 4.24. The Morgan fingerprint density at radius 2 is 2.05 bits per heavy atom. The number of para-hydroxylation sites is 1. The molecule has 20 heavy (non-hydrogen) atoms. The van der Waals surface area contributed by atoms with Crippen LogP contribution in [0.5, 0.6) is 5.75 Å². The summed E-state index contributed by atoms with van der Waals surface area (Å²) in [7, 11) is -3.56. The molecule has 0 aliphatic heterocycles. The lowest BCUT2D eigenvalue weighted by atomic mass is 10.3. The molecule has 0 aliphatic carbocycles. The van der Waals surface area contributed by atoms with Gasteiger partial charge in [-0.3, -0.25) is 9.36 Å². The van der Waals surface area contributed by atoms with Crippen LogP contribution in [0.1, 0.15) is 20.3 Å². The van der Waals surface area contributed by atoms with Crippen LogP contribution in [0, 0.1) is 0 Å². The van der Waals surface area contributed by atoms with Crippen LogP contribution in [0.2, 0.25) is 0 Å². The summed E-state index contributed by atoms with van der Waals surface area (Å²) in [5.74, 6) is -0.177. The SMILES string of the molecule is CCCOC(=O)C(C)NP(=O)(CO)Oc1ccccc1. The smallest absolute Gasteiger partial charge is 0.342 e. The van der Waals surface area contributed by atoms with E-state index < -0.39 is 25.9 Å². The van der Waals surface area contributed by atoms with Gasteiger partial charge >= 0.3 is 13.5 Å². The van der Waals surface area contributed by atoms with Gasteiger partial charge in [-0.05, 0) is 25.5 Å². The van der Waals surface area contributed by atoms with Gasteiger partial charge in [0.1, 0.15) is 18.1 Å². The number of hydrogen-bond acceptors (Lipinski definition) is 5. The molecule has 0 aliphatic rings. The maximum absolute atomic E-state index is 12.3. The molecule has 0 spiro atoms. The monoisotopic (exact) mass is 301 g/mol. The number of aliphatic hydroxyl groups is 1. The van der Waals surface area contributed by atoms with Crippen molar-refractivity contribution >= 4 is 13.5 Å². The van der Waals surface area contributed by atoms with Crippen molar-refractivity contribution < 1.29 is 23.7 Å². The van der Waals surface area contributed by atoms with Gasteiger partial charge in [-0.2, -0.15) is 0 Å². The minimum atomic E-state index is -3.56. The van der Waals surface area contributed by atoms with Crippen LogP contribution in [-0.4, -0.2) is 30.1 Å². The Morgan fingerprint density at radius 3 is 2.60 bits per heavy atom. The molecule has 0 aromatic heterocycles. The first-order chi connectivity index (χ1) is 9.50. The summed E-state index contributed by atoms with van der Waals surface area (Å²) < 4.78 is 22.5. The number of aliphatic hydroxyl groups excluding tert-OH is 1. The summed E-state index contributed by atoms with van der Waals surface area (Å²) in [4.78, 5) is 11.6. The Bertz CT molecular complexity index is 465. The van der Waals surface area contributed by atoms with Crippen LogP contribution >= 0.6 is 7.52 Å².